The van der Waals surface area contributed by atoms with Gasteiger partial charge in [-0.1, -0.05) is 0 Å². The molecule has 21 heavy (non-hydrogen) atoms. The lowest BCUT2D eigenvalue weighted by Gasteiger charge is -2.35. The molecule has 1 fully saturated rings. The fraction of sp³-hybridized carbons (Fsp3) is 0.400. The van der Waals surface area contributed by atoms with E-state index in [9.17, 15) is 9.59 Å². The summed E-state index contributed by atoms with van der Waals surface area (Å²) in [7, 11) is 0. The van der Waals surface area contributed by atoms with Gasteiger partial charge in [-0.15, -0.1) is 0 Å². The van der Waals surface area contributed by atoms with Gasteiger partial charge < -0.3 is 10.0 Å². The Labute approximate surface area is 121 Å². The van der Waals surface area contributed by atoms with Gasteiger partial charge in [0.25, 0.3) is 5.91 Å². The zero-order valence-corrected chi connectivity index (χ0v) is 11.6. The molecule has 0 radical (unpaired) electrons. The lowest BCUT2D eigenvalue weighted by molar-refractivity contribution is -0.138. The van der Waals surface area contributed by atoms with E-state index in [1.807, 2.05) is 6.07 Å². The Hall–Kier alpha value is -2.37. The number of nitrogens with zero attached hydrogens (tertiary/aromatic N) is 2. The van der Waals surface area contributed by atoms with E-state index >= 15 is 0 Å². The summed E-state index contributed by atoms with van der Waals surface area (Å²) in [5.74, 6) is -0.950. The first-order chi connectivity index (χ1) is 10.1. The maximum Gasteiger partial charge on any atom is 0.305 e. The third-order valence-corrected chi connectivity index (χ3v) is 3.99. The summed E-state index contributed by atoms with van der Waals surface area (Å²) < 4.78 is 0. The van der Waals surface area contributed by atoms with Crippen molar-refractivity contribution >= 4 is 22.8 Å². The van der Waals surface area contributed by atoms with Crippen LogP contribution in [-0.4, -0.2) is 44.7 Å². The number of piperidine rings is 1. The second-order valence-corrected chi connectivity index (χ2v) is 5.42. The molecule has 1 aromatic carbocycles. The molecular weight excluding hydrogens is 270 g/mol. The smallest absolute Gasteiger partial charge is 0.305 e. The Morgan fingerprint density at radius 3 is 3.05 bits per heavy atom. The van der Waals surface area contributed by atoms with Crippen LogP contribution >= 0.6 is 0 Å². The highest BCUT2D eigenvalue weighted by Gasteiger charge is 2.29. The molecule has 110 valence electrons. The van der Waals surface area contributed by atoms with E-state index in [1.165, 1.54) is 0 Å². The van der Waals surface area contributed by atoms with Gasteiger partial charge in [-0.3, -0.25) is 14.7 Å². The largest absolute Gasteiger partial charge is 0.481 e. The Balaban J connectivity index is 1.85. The SMILES string of the molecule is O=C(O)CC1CCCCN1C(=O)c1ccc2[nH]ncc2c1. The molecule has 6 heteroatoms. The molecule has 1 aliphatic heterocycles. The summed E-state index contributed by atoms with van der Waals surface area (Å²) in [5.41, 5.74) is 1.47. The number of nitrogens with one attached hydrogen (secondary N) is 1. The van der Waals surface area contributed by atoms with Crippen LogP contribution < -0.4 is 0 Å². The van der Waals surface area contributed by atoms with Gasteiger partial charge in [0, 0.05) is 23.5 Å². The summed E-state index contributed by atoms with van der Waals surface area (Å²) in [5, 5.41) is 16.7. The second kappa shape index (κ2) is 5.55. The number of likely N-dealkylation sites (tertiary alicyclic amines) is 1. The molecule has 2 aromatic rings. The van der Waals surface area contributed by atoms with Crippen molar-refractivity contribution in [1.82, 2.24) is 15.1 Å². The molecule has 0 bridgehead atoms. The van der Waals surface area contributed by atoms with Crippen molar-refractivity contribution in [2.75, 3.05) is 6.54 Å². The maximum atomic E-state index is 12.7. The molecule has 0 spiro atoms. The lowest BCUT2D eigenvalue weighted by Crippen LogP contribution is -2.44. The maximum absolute atomic E-state index is 12.7. The predicted molar refractivity (Wildman–Crippen MR) is 77.0 cm³/mol. The molecule has 0 aliphatic carbocycles. The Morgan fingerprint density at radius 1 is 1.38 bits per heavy atom. The van der Waals surface area contributed by atoms with E-state index < -0.39 is 5.97 Å². The number of aromatic amines is 1. The number of rotatable bonds is 3. The number of carboxylic acid groups (broad SMARTS) is 1. The van der Waals surface area contributed by atoms with Gasteiger partial charge in [-0.2, -0.15) is 5.10 Å². The first-order valence-corrected chi connectivity index (χ1v) is 7.11. The summed E-state index contributed by atoms with van der Waals surface area (Å²) in [6.45, 7) is 0.625. The van der Waals surface area contributed by atoms with Crippen LogP contribution in [0.25, 0.3) is 10.9 Å². The molecule has 1 unspecified atom stereocenters. The van der Waals surface area contributed by atoms with Crippen molar-refractivity contribution in [2.24, 2.45) is 0 Å². The summed E-state index contributed by atoms with van der Waals surface area (Å²) in [4.78, 5) is 25.3. The summed E-state index contributed by atoms with van der Waals surface area (Å²) in [6.07, 6.45) is 4.35. The summed E-state index contributed by atoms with van der Waals surface area (Å²) >= 11 is 0. The van der Waals surface area contributed by atoms with E-state index in [-0.39, 0.29) is 18.4 Å². The second-order valence-electron chi connectivity index (χ2n) is 5.42. The molecule has 1 aliphatic rings. The van der Waals surface area contributed by atoms with Gasteiger partial charge in [0.2, 0.25) is 0 Å². The first-order valence-electron chi connectivity index (χ1n) is 7.11. The minimum Gasteiger partial charge on any atom is -0.481 e. The third-order valence-electron chi connectivity index (χ3n) is 3.99. The number of benzene rings is 1. The number of hydrogen-bond donors (Lipinski definition) is 2. The van der Waals surface area contributed by atoms with Crippen LogP contribution in [0.1, 0.15) is 36.0 Å². The summed E-state index contributed by atoms with van der Waals surface area (Å²) in [6, 6.07) is 5.18. The highest BCUT2D eigenvalue weighted by Crippen LogP contribution is 2.23. The standard InChI is InChI=1S/C15H17N3O3/c19-14(20)8-12-3-1-2-6-18(12)15(21)10-4-5-13-11(7-10)9-16-17-13/h4-5,7,9,12H,1-3,6,8H2,(H,16,17)(H,19,20). The average molecular weight is 287 g/mol. The van der Waals surface area contributed by atoms with Crippen LogP contribution in [0.5, 0.6) is 0 Å². The number of carbonyl (C=O) groups is 2. The van der Waals surface area contributed by atoms with Crippen molar-refractivity contribution < 1.29 is 14.7 Å². The minimum atomic E-state index is -0.856. The number of aliphatic carboxylic acids is 1. The van der Waals surface area contributed by atoms with Gasteiger partial charge >= 0.3 is 5.97 Å². The number of fused-ring (bicyclic) bond motifs is 1. The highest BCUT2D eigenvalue weighted by molar-refractivity contribution is 5.98. The molecule has 2 N–H and O–H groups in total. The van der Waals surface area contributed by atoms with E-state index in [4.69, 9.17) is 5.11 Å². The Kier molecular flexibility index (Phi) is 3.60. The van der Waals surface area contributed by atoms with E-state index in [2.05, 4.69) is 10.2 Å². The van der Waals surface area contributed by atoms with E-state index in [0.29, 0.717) is 12.1 Å². The number of hydrogen-bond acceptors (Lipinski definition) is 3. The number of H-pyrrole nitrogens is 1. The van der Waals surface area contributed by atoms with Crippen LogP contribution in [0, 0.1) is 0 Å². The predicted octanol–water partition coefficient (Wildman–Crippen LogP) is 2.03. The van der Waals surface area contributed by atoms with Gasteiger partial charge in [0.1, 0.15) is 0 Å². The quantitative estimate of drug-likeness (QED) is 0.904. The number of aromatic nitrogens is 2. The van der Waals surface area contributed by atoms with Crippen LogP contribution in [0.15, 0.2) is 24.4 Å². The fourth-order valence-corrected chi connectivity index (χ4v) is 2.92. The molecule has 6 nitrogen and oxygen atoms in total. The van der Waals surface area contributed by atoms with Crippen molar-refractivity contribution in [3.05, 3.63) is 30.0 Å². The van der Waals surface area contributed by atoms with Crippen molar-refractivity contribution in [3.8, 4) is 0 Å². The normalized spacial score (nSPS) is 18.9. The number of carboxylic acids is 1. The van der Waals surface area contributed by atoms with Crippen LogP contribution in [0.4, 0.5) is 0 Å². The van der Waals surface area contributed by atoms with E-state index in [0.717, 1.165) is 30.2 Å². The van der Waals surface area contributed by atoms with Gasteiger partial charge in [-0.25, -0.2) is 0 Å². The minimum absolute atomic E-state index is 0.0136. The lowest BCUT2D eigenvalue weighted by atomic mass is 9.98. The third kappa shape index (κ3) is 2.74. The first kappa shape index (κ1) is 13.6. The Morgan fingerprint density at radius 2 is 2.24 bits per heavy atom. The van der Waals surface area contributed by atoms with Gasteiger partial charge in [0.15, 0.2) is 0 Å². The number of amides is 1. The molecular formula is C15H17N3O3. The van der Waals surface area contributed by atoms with Crippen LogP contribution in [-0.2, 0) is 4.79 Å². The molecule has 0 saturated carbocycles. The fourth-order valence-electron chi connectivity index (χ4n) is 2.92. The van der Waals surface area contributed by atoms with Crippen molar-refractivity contribution in [2.45, 2.75) is 31.7 Å². The molecule has 1 saturated heterocycles. The van der Waals surface area contributed by atoms with Crippen molar-refractivity contribution in [1.29, 1.82) is 0 Å². The molecule has 1 amide bonds. The van der Waals surface area contributed by atoms with Crippen molar-refractivity contribution in [3.63, 3.8) is 0 Å². The number of carbonyl (C=O) groups excluding carboxylic acids is 1. The monoisotopic (exact) mass is 287 g/mol. The van der Waals surface area contributed by atoms with Crippen LogP contribution in [0.2, 0.25) is 0 Å². The average Bonchev–Trinajstić information content (AvgIpc) is 2.94. The van der Waals surface area contributed by atoms with E-state index in [1.54, 1.807) is 23.2 Å². The topological polar surface area (TPSA) is 86.3 Å². The molecule has 1 aromatic heterocycles. The zero-order valence-electron chi connectivity index (χ0n) is 11.6. The molecule has 2 heterocycles. The zero-order chi connectivity index (χ0) is 14.8. The Bertz CT molecular complexity index is 680. The highest BCUT2D eigenvalue weighted by atomic mass is 16.4. The molecule has 3 rings (SSSR count). The molecule has 1 atom stereocenters. The van der Waals surface area contributed by atoms with Gasteiger partial charge in [-0.05, 0) is 37.5 Å². The van der Waals surface area contributed by atoms with Crippen LogP contribution in [0.3, 0.4) is 0 Å². The van der Waals surface area contributed by atoms with Gasteiger partial charge in [0.05, 0.1) is 18.1 Å².